The highest BCUT2D eigenvalue weighted by Gasteiger charge is 2.46. The molecule has 22 heavy (non-hydrogen) atoms. The first-order chi connectivity index (χ1) is 10.5. The zero-order valence-corrected chi connectivity index (χ0v) is 12.1. The molecule has 7 nitrogen and oxygen atoms in total. The predicted molar refractivity (Wildman–Crippen MR) is 77.7 cm³/mol. The Hall–Kier alpha value is -2.70. The molecule has 2 heterocycles. The van der Waals surface area contributed by atoms with Crippen molar-refractivity contribution in [3.8, 4) is 5.69 Å². The largest absolute Gasteiger partial charge is 0.480 e. The molecule has 3 rings (SSSR count). The molecule has 0 saturated carbocycles. The summed E-state index contributed by atoms with van der Waals surface area (Å²) in [4.78, 5) is 25.5. The fourth-order valence-corrected chi connectivity index (χ4v) is 2.77. The van der Waals surface area contributed by atoms with Crippen LogP contribution in [0, 0.1) is 0 Å². The van der Waals surface area contributed by atoms with E-state index in [2.05, 4.69) is 10.3 Å². The fraction of sp³-hybridized carbons (Fsp3) is 0.333. The Labute approximate surface area is 127 Å². The topological polar surface area (TPSA) is 88.3 Å². The maximum Gasteiger partial charge on any atom is 0.329 e. The summed E-state index contributed by atoms with van der Waals surface area (Å²) >= 11 is 0. The molecule has 0 radical (unpaired) electrons. The predicted octanol–water partition coefficient (Wildman–Crippen LogP) is 1.35. The molecule has 2 aromatic rings. The maximum atomic E-state index is 12.6. The van der Waals surface area contributed by atoms with E-state index in [0.29, 0.717) is 24.9 Å². The van der Waals surface area contributed by atoms with Crippen LogP contribution in [0.5, 0.6) is 0 Å². The Kier molecular flexibility index (Phi) is 3.40. The first-order valence-electron chi connectivity index (χ1n) is 7.04. The van der Waals surface area contributed by atoms with Crippen molar-refractivity contribution in [2.75, 3.05) is 6.54 Å². The van der Waals surface area contributed by atoms with E-state index in [4.69, 9.17) is 0 Å². The van der Waals surface area contributed by atoms with Gasteiger partial charge in [0, 0.05) is 12.1 Å². The third kappa shape index (κ3) is 2.24. The van der Waals surface area contributed by atoms with Gasteiger partial charge in [-0.1, -0.05) is 5.21 Å². The number of carboxylic acids is 1. The van der Waals surface area contributed by atoms with Gasteiger partial charge in [0.05, 0.1) is 18.1 Å². The standard InChI is InChI=1S/C15H16N4O3/c1-15(14(21)22)7-2-9-18(15)13(20)11-3-5-12(6-4-11)19-10-8-16-17-19/h3-6,8,10H,2,7,9H2,1H3,(H,21,22). The van der Waals surface area contributed by atoms with Crippen molar-refractivity contribution < 1.29 is 14.7 Å². The molecule has 1 saturated heterocycles. The molecule has 0 spiro atoms. The minimum Gasteiger partial charge on any atom is -0.480 e. The van der Waals surface area contributed by atoms with Crippen molar-refractivity contribution in [2.45, 2.75) is 25.3 Å². The summed E-state index contributed by atoms with van der Waals surface area (Å²) in [5, 5.41) is 17.0. The zero-order chi connectivity index (χ0) is 15.7. The van der Waals surface area contributed by atoms with Crippen LogP contribution in [0.3, 0.4) is 0 Å². The highest BCUT2D eigenvalue weighted by atomic mass is 16.4. The number of carbonyl (C=O) groups is 2. The van der Waals surface area contributed by atoms with Crippen molar-refractivity contribution in [3.05, 3.63) is 42.2 Å². The lowest BCUT2D eigenvalue weighted by atomic mass is 9.98. The van der Waals surface area contributed by atoms with Gasteiger partial charge in [-0.2, -0.15) is 0 Å². The van der Waals surface area contributed by atoms with Gasteiger partial charge in [-0.3, -0.25) is 4.79 Å². The minimum atomic E-state index is -1.12. The molecule has 114 valence electrons. The van der Waals surface area contributed by atoms with E-state index >= 15 is 0 Å². The minimum absolute atomic E-state index is 0.257. The van der Waals surface area contributed by atoms with Crippen LogP contribution in [0.15, 0.2) is 36.7 Å². The fourth-order valence-electron chi connectivity index (χ4n) is 2.77. The van der Waals surface area contributed by atoms with Crippen LogP contribution >= 0.6 is 0 Å². The van der Waals surface area contributed by atoms with E-state index in [1.807, 2.05) is 0 Å². The third-order valence-electron chi connectivity index (χ3n) is 4.15. The molecule has 7 heteroatoms. The van der Waals surface area contributed by atoms with Crippen LogP contribution in [0.4, 0.5) is 0 Å². The summed E-state index contributed by atoms with van der Waals surface area (Å²) in [6, 6.07) is 6.88. The number of carboxylic acid groups (broad SMARTS) is 1. The average Bonchev–Trinajstić information content (AvgIpc) is 3.17. The van der Waals surface area contributed by atoms with Crippen molar-refractivity contribution in [1.82, 2.24) is 19.9 Å². The van der Waals surface area contributed by atoms with Gasteiger partial charge in [0.25, 0.3) is 5.91 Å². The Morgan fingerprint density at radius 2 is 2.00 bits per heavy atom. The van der Waals surface area contributed by atoms with Gasteiger partial charge in [-0.25, -0.2) is 9.48 Å². The summed E-state index contributed by atoms with van der Waals surface area (Å²) in [5.74, 6) is -1.22. The number of likely N-dealkylation sites (tertiary alicyclic amines) is 1. The highest BCUT2D eigenvalue weighted by molar-refractivity contribution is 5.98. The second-order valence-electron chi connectivity index (χ2n) is 5.53. The van der Waals surface area contributed by atoms with Gasteiger partial charge in [-0.15, -0.1) is 5.10 Å². The first kappa shape index (κ1) is 14.2. The summed E-state index contributed by atoms with van der Waals surface area (Å²) in [6.07, 6.45) is 4.46. The number of rotatable bonds is 3. The SMILES string of the molecule is CC1(C(=O)O)CCCN1C(=O)c1ccc(-n2ccnn2)cc1. The van der Waals surface area contributed by atoms with Crippen LogP contribution in [-0.2, 0) is 4.79 Å². The molecule has 1 atom stereocenters. The van der Waals surface area contributed by atoms with Crippen molar-refractivity contribution >= 4 is 11.9 Å². The van der Waals surface area contributed by atoms with Crippen LogP contribution in [0.25, 0.3) is 5.69 Å². The van der Waals surface area contributed by atoms with E-state index in [-0.39, 0.29) is 5.91 Å². The van der Waals surface area contributed by atoms with E-state index in [1.54, 1.807) is 48.3 Å². The summed E-state index contributed by atoms with van der Waals surface area (Å²) < 4.78 is 1.59. The maximum absolute atomic E-state index is 12.6. The van der Waals surface area contributed by atoms with Crippen LogP contribution in [0.2, 0.25) is 0 Å². The average molecular weight is 300 g/mol. The number of aromatic nitrogens is 3. The Morgan fingerprint density at radius 1 is 1.27 bits per heavy atom. The van der Waals surface area contributed by atoms with Gasteiger partial charge in [0.15, 0.2) is 0 Å². The molecule has 1 aromatic carbocycles. The smallest absolute Gasteiger partial charge is 0.329 e. The molecular formula is C15H16N4O3. The molecule has 1 N–H and O–H groups in total. The zero-order valence-electron chi connectivity index (χ0n) is 12.1. The summed E-state index contributed by atoms with van der Waals surface area (Å²) in [6.45, 7) is 2.07. The Morgan fingerprint density at radius 3 is 2.59 bits per heavy atom. The number of aliphatic carboxylic acids is 1. The second-order valence-corrected chi connectivity index (χ2v) is 5.53. The molecule has 1 aromatic heterocycles. The number of nitrogens with zero attached hydrogens (tertiary/aromatic N) is 4. The number of benzene rings is 1. The second kappa shape index (κ2) is 5.25. The molecule has 1 unspecified atom stereocenters. The lowest BCUT2D eigenvalue weighted by Gasteiger charge is -2.31. The van der Waals surface area contributed by atoms with Gasteiger partial charge in [0.2, 0.25) is 0 Å². The number of carbonyl (C=O) groups excluding carboxylic acids is 1. The lowest BCUT2D eigenvalue weighted by Crippen LogP contribution is -2.50. The van der Waals surface area contributed by atoms with E-state index < -0.39 is 11.5 Å². The van der Waals surface area contributed by atoms with Gasteiger partial charge in [0.1, 0.15) is 5.54 Å². The van der Waals surface area contributed by atoms with E-state index in [0.717, 1.165) is 5.69 Å². The third-order valence-corrected chi connectivity index (χ3v) is 4.15. The normalized spacial score (nSPS) is 21.0. The van der Waals surface area contributed by atoms with Gasteiger partial charge >= 0.3 is 5.97 Å². The van der Waals surface area contributed by atoms with E-state index in [1.165, 1.54) is 4.90 Å². The lowest BCUT2D eigenvalue weighted by molar-refractivity contribution is -0.147. The Bertz CT molecular complexity index is 696. The van der Waals surface area contributed by atoms with Gasteiger partial charge in [-0.05, 0) is 44.0 Å². The van der Waals surface area contributed by atoms with Crippen LogP contribution < -0.4 is 0 Å². The molecule has 0 aliphatic carbocycles. The number of hydrogen-bond donors (Lipinski definition) is 1. The molecule has 1 aliphatic rings. The molecule has 1 fully saturated rings. The van der Waals surface area contributed by atoms with Crippen molar-refractivity contribution in [1.29, 1.82) is 0 Å². The van der Waals surface area contributed by atoms with Crippen LogP contribution in [-0.4, -0.2) is 49.0 Å². The van der Waals surface area contributed by atoms with Crippen molar-refractivity contribution in [2.24, 2.45) is 0 Å². The van der Waals surface area contributed by atoms with Crippen LogP contribution in [0.1, 0.15) is 30.1 Å². The monoisotopic (exact) mass is 300 g/mol. The molecule has 1 aliphatic heterocycles. The van der Waals surface area contributed by atoms with E-state index in [9.17, 15) is 14.7 Å². The Balaban J connectivity index is 1.85. The highest BCUT2D eigenvalue weighted by Crippen LogP contribution is 2.30. The van der Waals surface area contributed by atoms with Crippen molar-refractivity contribution in [3.63, 3.8) is 0 Å². The first-order valence-corrected chi connectivity index (χ1v) is 7.04. The molecular weight excluding hydrogens is 284 g/mol. The number of hydrogen-bond acceptors (Lipinski definition) is 4. The van der Waals surface area contributed by atoms with Gasteiger partial charge < -0.3 is 10.0 Å². The molecule has 0 bridgehead atoms. The summed E-state index contributed by atoms with van der Waals surface area (Å²) in [7, 11) is 0. The summed E-state index contributed by atoms with van der Waals surface area (Å²) in [5.41, 5.74) is 0.136. The quantitative estimate of drug-likeness (QED) is 0.924. The number of amides is 1. The molecule has 1 amide bonds.